The van der Waals surface area contributed by atoms with Gasteiger partial charge < -0.3 is 16.0 Å². The Labute approximate surface area is 140 Å². The van der Waals surface area contributed by atoms with E-state index in [4.69, 9.17) is 5.73 Å². The second kappa shape index (κ2) is 7.20. The van der Waals surface area contributed by atoms with Crippen LogP contribution in [0.5, 0.6) is 0 Å². The number of aromatic nitrogens is 4. The molecule has 0 fully saturated rings. The van der Waals surface area contributed by atoms with Gasteiger partial charge in [0.05, 0.1) is 18.4 Å². The molecule has 0 aliphatic carbocycles. The third kappa shape index (κ3) is 3.42. The van der Waals surface area contributed by atoms with Gasteiger partial charge in [0.25, 0.3) is 5.91 Å². The summed E-state index contributed by atoms with van der Waals surface area (Å²) in [6.07, 6.45) is 7.40. The molecule has 0 bridgehead atoms. The van der Waals surface area contributed by atoms with E-state index in [0.717, 1.165) is 36.5 Å². The minimum Gasteiger partial charge on any atom is -0.370 e. The zero-order chi connectivity index (χ0) is 16.9. The number of nitrogens with one attached hydrogen (secondary N) is 1. The Morgan fingerprint density at radius 1 is 1.38 bits per heavy atom. The van der Waals surface area contributed by atoms with Gasteiger partial charge in [-0.3, -0.25) is 9.78 Å². The average Bonchev–Trinajstić information content (AvgIpc) is 2.61. The molecule has 24 heavy (non-hydrogen) atoms. The molecule has 2 aromatic rings. The van der Waals surface area contributed by atoms with Crippen LogP contribution in [0.15, 0.2) is 18.6 Å². The third-order valence-corrected chi connectivity index (χ3v) is 3.97. The van der Waals surface area contributed by atoms with Gasteiger partial charge in [-0.2, -0.15) is 4.98 Å². The first kappa shape index (κ1) is 16.1. The Morgan fingerprint density at radius 2 is 2.25 bits per heavy atom. The Balaban J connectivity index is 1.79. The van der Waals surface area contributed by atoms with E-state index in [2.05, 4.69) is 32.2 Å². The highest BCUT2D eigenvalue weighted by atomic mass is 16.2. The number of hydrogen-bond donors (Lipinski definition) is 2. The monoisotopic (exact) mass is 327 g/mol. The number of hydrogen-bond acceptors (Lipinski definition) is 7. The number of carbonyl (C=O) groups is 1. The maximum atomic E-state index is 12.5. The van der Waals surface area contributed by atoms with Crippen LogP contribution in [0.4, 0.5) is 11.8 Å². The topological polar surface area (TPSA) is 110 Å². The number of nitrogen functional groups attached to an aromatic ring is 1. The van der Waals surface area contributed by atoms with Crippen LogP contribution in [-0.2, 0) is 13.0 Å². The summed E-state index contributed by atoms with van der Waals surface area (Å²) in [7, 11) is 0. The zero-order valence-electron chi connectivity index (χ0n) is 13.7. The minimum absolute atomic E-state index is 0.147. The van der Waals surface area contributed by atoms with Crippen molar-refractivity contribution < 1.29 is 4.79 Å². The summed E-state index contributed by atoms with van der Waals surface area (Å²) in [5.41, 5.74) is 8.01. The first-order valence-corrected chi connectivity index (χ1v) is 8.13. The van der Waals surface area contributed by atoms with Crippen molar-refractivity contribution in [1.29, 1.82) is 0 Å². The lowest BCUT2D eigenvalue weighted by molar-refractivity contribution is 0.0725. The summed E-state index contributed by atoms with van der Waals surface area (Å²) in [4.78, 5) is 30.9. The molecule has 0 unspecified atom stereocenters. The van der Waals surface area contributed by atoms with Crippen molar-refractivity contribution in [2.24, 2.45) is 0 Å². The third-order valence-electron chi connectivity index (χ3n) is 3.97. The Bertz CT molecular complexity index is 720. The average molecular weight is 327 g/mol. The zero-order valence-corrected chi connectivity index (χ0v) is 13.7. The maximum absolute atomic E-state index is 12.5. The van der Waals surface area contributed by atoms with Crippen molar-refractivity contribution in [3.63, 3.8) is 0 Å². The van der Waals surface area contributed by atoms with E-state index in [-0.39, 0.29) is 11.9 Å². The molecular weight excluding hydrogens is 306 g/mol. The molecule has 8 nitrogen and oxygen atoms in total. The van der Waals surface area contributed by atoms with E-state index in [1.165, 1.54) is 12.4 Å². The Kier molecular flexibility index (Phi) is 4.83. The van der Waals surface area contributed by atoms with E-state index in [0.29, 0.717) is 25.2 Å². The van der Waals surface area contributed by atoms with Gasteiger partial charge in [-0.25, -0.2) is 9.97 Å². The molecule has 0 radical (unpaired) electrons. The van der Waals surface area contributed by atoms with Crippen LogP contribution < -0.4 is 11.1 Å². The number of anilines is 2. The normalized spacial score (nSPS) is 13.5. The van der Waals surface area contributed by atoms with Crippen molar-refractivity contribution >= 4 is 17.7 Å². The molecule has 1 aliphatic heterocycles. The van der Waals surface area contributed by atoms with Crippen LogP contribution in [0.1, 0.15) is 41.5 Å². The molecule has 1 aliphatic rings. The maximum Gasteiger partial charge on any atom is 0.274 e. The molecule has 3 rings (SSSR count). The number of rotatable bonds is 5. The summed E-state index contributed by atoms with van der Waals surface area (Å²) in [6.45, 7) is 3.99. The highest BCUT2D eigenvalue weighted by molar-refractivity contribution is 5.92. The lowest BCUT2D eigenvalue weighted by atomic mass is 10.0. The summed E-state index contributed by atoms with van der Waals surface area (Å²) in [5, 5.41) is 3.33. The largest absolute Gasteiger partial charge is 0.370 e. The van der Waals surface area contributed by atoms with Gasteiger partial charge in [0.15, 0.2) is 0 Å². The summed E-state index contributed by atoms with van der Waals surface area (Å²) >= 11 is 0. The van der Waals surface area contributed by atoms with Gasteiger partial charge >= 0.3 is 0 Å². The summed E-state index contributed by atoms with van der Waals surface area (Å²) in [6, 6.07) is 0. The second-order valence-electron chi connectivity index (χ2n) is 5.70. The lowest BCUT2D eigenvalue weighted by Crippen LogP contribution is -2.37. The van der Waals surface area contributed by atoms with Crippen LogP contribution in [0, 0.1) is 0 Å². The summed E-state index contributed by atoms with van der Waals surface area (Å²) in [5.74, 6) is 0.866. The van der Waals surface area contributed by atoms with Gasteiger partial charge in [-0.1, -0.05) is 13.3 Å². The number of fused-ring (bicyclic) bond motifs is 1. The van der Waals surface area contributed by atoms with E-state index in [1.807, 2.05) is 0 Å². The van der Waals surface area contributed by atoms with Gasteiger partial charge in [0.1, 0.15) is 11.5 Å². The first-order valence-electron chi connectivity index (χ1n) is 8.13. The van der Waals surface area contributed by atoms with Crippen molar-refractivity contribution in [3.05, 3.63) is 35.5 Å². The van der Waals surface area contributed by atoms with Gasteiger partial charge in [-0.15, -0.1) is 0 Å². The van der Waals surface area contributed by atoms with Crippen LogP contribution in [0.2, 0.25) is 0 Å². The Hall–Kier alpha value is -2.77. The molecule has 2 aromatic heterocycles. The predicted octanol–water partition coefficient (Wildman–Crippen LogP) is 1.26. The number of unbranched alkanes of at least 4 members (excludes halogenated alkanes) is 1. The van der Waals surface area contributed by atoms with Crippen LogP contribution >= 0.6 is 0 Å². The summed E-state index contributed by atoms with van der Waals surface area (Å²) < 4.78 is 0. The molecule has 126 valence electrons. The fourth-order valence-electron chi connectivity index (χ4n) is 2.72. The standard InChI is InChI=1S/C16H21N7O/c1-2-3-5-20-14-11-4-8-23(10-13(11)21-16(17)22-14)15(24)12-9-18-6-7-19-12/h6-7,9H,2-5,8,10H2,1H3,(H3,17,20,21,22). The highest BCUT2D eigenvalue weighted by Crippen LogP contribution is 2.25. The molecule has 0 aromatic carbocycles. The highest BCUT2D eigenvalue weighted by Gasteiger charge is 2.26. The molecular formula is C16H21N7O. The molecule has 0 saturated carbocycles. The number of carbonyl (C=O) groups excluding carboxylic acids is 1. The van der Waals surface area contributed by atoms with E-state index in [9.17, 15) is 4.79 Å². The first-order chi connectivity index (χ1) is 11.7. The van der Waals surface area contributed by atoms with Gasteiger partial charge in [0.2, 0.25) is 5.95 Å². The Morgan fingerprint density at radius 3 is 3.00 bits per heavy atom. The predicted molar refractivity (Wildman–Crippen MR) is 90.3 cm³/mol. The van der Waals surface area contributed by atoms with Crippen molar-refractivity contribution in [1.82, 2.24) is 24.8 Å². The molecule has 0 saturated heterocycles. The van der Waals surface area contributed by atoms with Crippen LogP contribution in [0.25, 0.3) is 0 Å². The van der Waals surface area contributed by atoms with E-state index < -0.39 is 0 Å². The van der Waals surface area contributed by atoms with Gasteiger partial charge in [0, 0.05) is 31.0 Å². The number of nitrogens with two attached hydrogens (primary N) is 1. The van der Waals surface area contributed by atoms with Crippen LogP contribution in [-0.4, -0.2) is 43.8 Å². The number of amides is 1. The van der Waals surface area contributed by atoms with E-state index in [1.54, 1.807) is 11.1 Å². The second-order valence-corrected chi connectivity index (χ2v) is 5.70. The van der Waals surface area contributed by atoms with Crippen molar-refractivity contribution in [2.75, 3.05) is 24.1 Å². The fourth-order valence-corrected chi connectivity index (χ4v) is 2.72. The molecule has 8 heteroatoms. The lowest BCUT2D eigenvalue weighted by Gasteiger charge is -2.29. The molecule has 3 heterocycles. The van der Waals surface area contributed by atoms with Crippen LogP contribution in [0.3, 0.4) is 0 Å². The number of nitrogens with zero attached hydrogens (tertiary/aromatic N) is 5. The van der Waals surface area contributed by atoms with Gasteiger partial charge in [-0.05, 0) is 12.8 Å². The van der Waals surface area contributed by atoms with Crippen molar-refractivity contribution in [3.8, 4) is 0 Å². The molecule has 0 atom stereocenters. The minimum atomic E-state index is -0.147. The quantitative estimate of drug-likeness (QED) is 0.795. The smallest absolute Gasteiger partial charge is 0.274 e. The fraction of sp³-hybridized carbons (Fsp3) is 0.438. The van der Waals surface area contributed by atoms with E-state index >= 15 is 0 Å². The molecule has 3 N–H and O–H groups in total. The molecule has 1 amide bonds. The van der Waals surface area contributed by atoms with Crippen molar-refractivity contribution in [2.45, 2.75) is 32.7 Å². The SMILES string of the molecule is CCCCNc1nc(N)nc2c1CCN(C(=O)c1cnccn1)C2. The molecule has 0 spiro atoms.